The highest BCUT2D eigenvalue weighted by Gasteiger charge is 2.34. The summed E-state index contributed by atoms with van der Waals surface area (Å²) in [7, 11) is 0. The summed E-state index contributed by atoms with van der Waals surface area (Å²) >= 11 is 0. The van der Waals surface area contributed by atoms with E-state index in [1.807, 2.05) is 39.0 Å². The van der Waals surface area contributed by atoms with E-state index in [1.165, 1.54) is 5.56 Å². The van der Waals surface area contributed by atoms with E-state index in [4.69, 9.17) is 4.74 Å². The Kier molecular flexibility index (Phi) is 5.77. The van der Waals surface area contributed by atoms with Gasteiger partial charge in [0.15, 0.2) is 0 Å². The fourth-order valence-electron chi connectivity index (χ4n) is 2.92. The van der Waals surface area contributed by atoms with E-state index in [-0.39, 0.29) is 12.0 Å². The number of amides is 1. The molecule has 2 rings (SSSR count). The fraction of sp³-hybridized carbons (Fsp3) is 0.556. The van der Waals surface area contributed by atoms with Crippen LogP contribution in [0.5, 0.6) is 0 Å². The van der Waals surface area contributed by atoms with Gasteiger partial charge in [0.25, 0.3) is 0 Å². The van der Waals surface area contributed by atoms with Crippen molar-refractivity contribution in [2.45, 2.75) is 45.4 Å². The Bertz CT molecular complexity index is 525. The van der Waals surface area contributed by atoms with Crippen molar-refractivity contribution in [2.75, 3.05) is 13.1 Å². The van der Waals surface area contributed by atoms with Crippen molar-refractivity contribution in [3.63, 3.8) is 0 Å². The number of nitrogens with zero attached hydrogens (tertiary/aromatic N) is 1. The molecule has 0 spiro atoms. The van der Waals surface area contributed by atoms with E-state index in [1.54, 1.807) is 0 Å². The molecule has 1 fully saturated rings. The van der Waals surface area contributed by atoms with Gasteiger partial charge in [-0.2, -0.15) is 0 Å². The van der Waals surface area contributed by atoms with Crippen molar-refractivity contribution >= 4 is 12.4 Å². The Labute approximate surface area is 138 Å². The predicted molar refractivity (Wildman–Crippen MR) is 89.0 cm³/mol. The van der Waals surface area contributed by atoms with Crippen LogP contribution in [-0.4, -0.2) is 42.0 Å². The maximum atomic E-state index is 12.0. The Morgan fingerprint density at radius 1 is 1.30 bits per heavy atom. The summed E-state index contributed by atoms with van der Waals surface area (Å²) < 4.78 is 5.32. The summed E-state index contributed by atoms with van der Waals surface area (Å²) in [6, 6.07) is 10.1. The van der Waals surface area contributed by atoms with Gasteiger partial charge < -0.3 is 14.8 Å². The van der Waals surface area contributed by atoms with Crippen molar-refractivity contribution in [3.05, 3.63) is 35.9 Å². The minimum absolute atomic E-state index is 0.0567. The van der Waals surface area contributed by atoms with Crippen LogP contribution in [0.4, 0.5) is 4.79 Å². The van der Waals surface area contributed by atoms with Gasteiger partial charge in [-0.05, 0) is 32.3 Å². The van der Waals surface area contributed by atoms with Crippen LogP contribution >= 0.6 is 0 Å². The van der Waals surface area contributed by atoms with E-state index >= 15 is 0 Å². The van der Waals surface area contributed by atoms with Crippen molar-refractivity contribution in [3.8, 4) is 0 Å². The third kappa shape index (κ3) is 5.67. The summed E-state index contributed by atoms with van der Waals surface area (Å²) in [6.45, 7) is 7.87. The van der Waals surface area contributed by atoms with Gasteiger partial charge in [0.1, 0.15) is 11.9 Å². The van der Waals surface area contributed by atoms with Crippen LogP contribution in [-0.2, 0) is 16.1 Å². The highest BCUT2D eigenvalue weighted by molar-refractivity contribution is 5.68. The minimum Gasteiger partial charge on any atom is -0.444 e. The number of carbonyl (C=O) groups is 2. The molecule has 23 heavy (non-hydrogen) atoms. The average Bonchev–Trinajstić information content (AvgIpc) is 2.80. The zero-order valence-electron chi connectivity index (χ0n) is 14.1. The molecule has 0 unspecified atom stereocenters. The van der Waals surface area contributed by atoms with Gasteiger partial charge in [0.05, 0.1) is 0 Å². The zero-order valence-corrected chi connectivity index (χ0v) is 14.1. The topological polar surface area (TPSA) is 58.6 Å². The normalized spacial score (nSPS) is 21.9. The third-order valence-corrected chi connectivity index (χ3v) is 3.87. The Balaban J connectivity index is 1.95. The Hall–Kier alpha value is -1.88. The summed E-state index contributed by atoms with van der Waals surface area (Å²) in [5.41, 5.74) is 0.710. The van der Waals surface area contributed by atoms with Crippen LogP contribution in [0.3, 0.4) is 0 Å². The number of hydrogen-bond acceptors (Lipinski definition) is 4. The molecule has 1 heterocycles. The number of ether oxygens (including phenoxy) is 1. The first-order valence-corrected chi connectivity index (χ1v) is 8.07. The van der Waals surface area contributed by atoms with E-state index in [0.717, 1.165) is 25.9 Å². The highest BCUT2D eigenvalue weighted by atomic mass is 16.6. The van der Waals surface area contributed by atoms with Crippen LogP contribution in [0, 0.1) is 5.92 Å². The molecule has 126 valence electrons. The van der Waals surface area contributed by atoms with Crippen molar-refractivity contribution in [1.82, 2.24) is 10.2 Å². The van der Waals surface area contributed by atoms with E-state index in [2.05, 4.69) is 22.3 Å². The average molecular weight is 318 g/mol. The summed E-state index contributed by atoms with van der Waals surface area (Å²) in [6.07, 6.45) is 0.964. The van der Waals surface area contributed by atoms with Crippen molar-refractivity contribution < 1.29 is 14.3 Å². The second kappa shape index (κ2) is 7.59. The maximum Gasteiger partial charge on any atom is 0.407 e. The molecule has 1 aromatic carbocycles. The molecule has 0 aliphatic carbocycles. The largest absolute Gasteiger partial charge is 0.444 e. The minimum atomic E-state index is -0.521. The maximum absolute atomic E-state index is 12.0. The van der Waals surface area contributed by atoms with Crippen LogP contribution in [0.15, 0.2) is 30.3 Å². The van der Waals surface area contributed by atoms with Crippen molar-refractivity contribution in [2.24, 2.45) is 5.92 Å². The van der Waals surface area contributed by atoms with E-state index in [0.29, 0.717) is 6.42 Å². The quantitative estimate of drug-likeness (QED) is 0.848. The molecule has 0 radical (unpaired) electrons. The second-order valence-corrected chi connectivity index (χ2v) is 7.09. The molecular formula is C18H26N2O3. The second-order valence-electron chi connectivity index (χ2n) is 7.09. The van der Waals surface area contributed by atoms with Gasteiger partial charge in [-0.15, -0.1) is 0 Å². The van der Waals surface area contributed by atoms with Gasteiger partial charge in [-0.1, -0.05) is 30.3 Å². The van der Waals surface area contributed by atoms with Crippen LogP contribution in [0.1, 0.15) is 32.8 Å². The number of carbonyl (C=O) groups excluding carboxylic acids is 2. The molecule has 0 saturated carbocycles. The smallest absolute Gasteiger partial charge is 0.407 e. The Morgan fingerprint density at radius 3 is 2.61 bits per heavy atom. The number of likely N-dealkylation sites (tertiary alicyclic amines) is 1. The van der Waals surface area contributed by atoms with E-state index < -0.39 is 11.7 Å². The SMILES string of the molecule is CC(C)(C)OC(=O)N[C@H]1CN(Cc2ccccc2)C[C@@H]1CC=O. The summed E-state index contributed by atoms with van der Waals surface area (Å²) in [4.78, 5) is 25.2. The first kappa shape index (κ1) is 17.5. The lowest BCUT2D eigenvalue weighted by molar-refractivity contribution is -0.108. The number of aldehydes is 1. The molecule has 1 aliphatic rings. The molecule has 1 saturated heterocycles. The molecule has 5 nitrogen and oxygen atoms in total. The number of rotatable bonds is 5. The Morgan fingerprint density at radius 2 is 2.00 bits per heavy atom. The number of hydrogen-bond donors (Lipinski definition) is 1. The lowest BCUT2D eigenvalue weighted by Gasteiger charge is -2.23. The van der Waals surface area contributed by atoms with E-state index in [9.17, 15) is 9.59 Å². The first-order valence-electron chi connectivity index (χ1n) is 8.07. The van der Waals surface area contributed by atoms with Gasteiger partial charge >= 0.3 is 6.09 Å². The fourth-order valence-corrected chi connectivity index (χ4v) is 2.92. The predicted octanol–water partition coefficient (Wildman–Crippen LogP) is 2.60. The van der Waals surface area contributed by atoms with Gasteiger partial charge in [0.2, 0.25) is 0 Å². The summed E-state index contributed by atoms with van der Waals surface area (Å²) in [5, 5.41) is 2.92. The van der Waals surface area contributed by atoms with Crippen LogP contribution < -0.4 is 5.32 Å². The van der Waals surface area contributed by atoms with Crippen molar-refractivity contribution in [1.29, 1.82) is 0 Å². The standard InChI is InChI=1S/C18H26N2O3/c1-18(2,3)23-17(22)19-16-13-20(12-15(16)9-10-21)11-14-7-5-4-6-8-14/h4-8,10,15-16H,9,11-13H2,1-3H3,(H,19,22)/t15-,16-/m0/s1. The number of alkyl carbamates (subject to hydrolysis) is 1. The highest BCUT2D eigenvalue weighted by Crippen LogP contribution is 2.22. The molecule has 2 atom stereocenters. The molecule has 1 N–H and O–H groups in total. The molecule has 1 aliphatic heterocycles. The third-order valence-electron chi connectivity index (χ3n) is 3.87. The zero-order chi connectivity index (χ0) is 16.9. The lowest BCUT2D eigenvalue weighted by Crippen LogP contribution is -2.43. The number of benzene rings is 1. The molecule has 0 bridgehead atoms. The number of nitrogens with one attached hydrogen (secondary N) is 1. The molecule has 0 aromatic heterocycles. The lowest BCUT2D eigenvalue weighted by atomic mass is 10.0. The monoisotopic (exact) mass is 318 g/mol. The first-order chi connectivity index (χ1) is 10.9. The van der Waals surface area contributed by atoms with Gasteiger partial charge in [-0.25, -0.2) is 4.79 Å². The molecule has 5 heteroatoms. The van der Waals surface area contributed by atoms with Gasteiger partial charge in [-0.3, -0.25) is 4.90 Å². The molecule has 1 amide bonds. The van der Waals surface area contributed by atoms with Crippen LogP contribution in [0.2, 0.25) is 0 Å². The molecule has 1 aromatic rings. The van der Waals surface area contributed by atoms with Crippen LogP contribution in [0.25, 0.3) is 0 Å². The van der Waals surface area contributed by atoms with Gasteiger partial charge in [0, 0.05) is 32.1 Å². The summed E-state index contributed by atoms with van der Waals surface area (Å²) in [5.74, 6) is 0.128. The molecular weight excluding hydrogens is 292 g/mol.